The van der Waals surface area contributed by atoms with Crippen molar-refractivity contribution in [2.75, 3.05) is 53.8 Å². The third-order valence-electron chi connectivity index (χ3n) is 5.21. The summed E-state index contributed by atoms with van der Waals surface area (Å²) in [5, 5.41) is 6.19. The molecule has 148 valence electrons. The average molecular weight is 383 g/mol. The molecule has 2 aliphatic rings. The molecule has 1 atom stereocenters. The SMILES string of the molecule is Cc1nc(NCc2ccnc(N3CCOCC3)c2)nc2c1NC(=O)[C@H](C)N2C. The van der Waals surface area contributed by atoms with E-state index in [0.29, 0.717) is 18.2 Å². The van der Waals surface area contributed by atoms with Crippen molar-refractivity contribution >= 4 is 29.2 Å². The predicted octanol–water partition coefficient (Wildman–Crippen LogP) is 1.41. The summed E-state index contributed by atoms with van der Waals surface area (Å²) in [5.41, 5.74) is 2.52. The number of aromatic nitrogens is 3. The van der Waals surface area contributed by atoms with Gasteiger partial charge in [-0.05, 0) is 31.5 Å². The fourth-order valence-electron chi connectivity index (χ4n) is 3.34. The highest BCUT2D eigenvalue weighted by atomic mass is 16.5. The second-order valence-corrected chi connectivity index (χ2v) is 7.08. The van der Waals surface area contributed by atoms with Crippen LogP contribution in [0.25, 0.3) is 0 Å². The number of ether oxygens (including phenoxy) is 1. The van der Waals surface area contributed by atoms with Crippen LogP contribution in [-0.4, -0.2) is 60.3 Å². The molecule has 4 rings (SSSR count). The molecular formula is C19H25N7O2. The van der Waals surface area contributed by atoms with Crippen molar-refractivity contribution in [1.82, 2.24) is 15.0 Å². The summed E-state index contributed by atoms with van der Waals surface area (Å²) in [7, 11) is 1.87. The third kappa shape index (κ3) is 3.57. The number of nitrogens with one attached hydrogen (secondary N) is 2. The zero-order valence-corrected chi connectivity index (χ0v) is 16.4. The Kier molecular flexibility index (Phi) is 4.99. The van der Waals surface area contributed by atoms with E-state index in [4.69, 9.17) is 4.74 Å². The monoisotopic (exact) mass is 383 g/mol. The number of aryl methyl sites for hydroxylation is 1. The summed E-state index contributed by atoms with van der Waals surface area (Å²) < 4.78 is 5.41. The Labute approximate surface area is 164 Å². The first-order valence-electron chi connectivity index (χ1n) is 9.47. The molecule has 9 heteroatoms. The van der Waals surface area contributed by atoms with Crippen LogP contribution in [-0.2, 0) is 16.1 Å². The molecule has 0 unspecified atom stereocenters. The molecule has 2 aliphatic heterocycles. The van der Waals surface area contributed by atoms with Gasteiger partial charge in [0, 0.05) is 32.9 Å². The summed E-state index contributed by atoms with van der Waals surface area (Å²) in [6.07, 6.45) is 1.83. The van der Waals surface area contributed by atoms with E-state index in [-0.39, 0.29) is 11.9 Å². The van der Waals surface area contributed by atoms with E-state index >= 15 is 0 Å². The molecular weight excluding hydrogens is 358 g/mol. The molecule has 0 spiro atoms. The highest BCUT2D eigenvalue weighted by Gasteiger charge is 2.30. The van der Waals surface area contributed by atoms with Gasteiger partial charge in [0.05, 0.1) is 18.9 Å². The van der Waals surface area contributed by atoms with Crippen molar-refractivity contribution in [3.8, 4) is 0 Å². The molecule has 0 bridgehead atoms. The maximum absolute atomic E-state index is 12.0. The van der Waals surface area contributed by atoms with Crippen molar-refractivity contribution < 1.29 is 9.53 Å². The smallest absolute Gasteiger partial charge is 0.246 e. The normalized spacial score (nSPS) is 19.2. The van der Waals surface area contributed by atoms with Crippen molar-refractivity contribution in [2.24, 2.45) is 0 Å². The minimum absolute atomic E-state index is 0.0464. The van der Waals surface area contributed by atoms with Crippen LogP contribution in [0.2, 0.25) is 0 Å². The summed E-state index contributed by atoms with van der Waals surface area (Å²) >= 11 is 0. The molecule has 4 heterocycles. The lowest BCUT2D eigenvalue weighted by Gasteiger charge is -2.32. The Hall–Kier alpha value is -2.94. The van der Waals surface area contributed by atoms with Crippen molar-refractivity contribution in [1.29, 1.82) is 0 Å². The Morgan fingerprint density at radius 1 is 1.32 bits per heavy atom. The molecule has 1 amide bonds. The second-order valence-electron chi connectivity index (χ2n) is 7.08. The molecule has 2 aromatic heterocycles. The number of anilines is 4. The number of morpholine rings is 1. The zero-order valence-electron chi connectivity index (χ0n) is 16.4. The molecule has 0 aromatic carbocycles. The van der Waals surface area contributed by atoms with Crippen molar-refractivity contribution in [2.45, 2.75) is 26.4 Å². The van der Waals surface area contributed by atoms with Gasteiger partial charge in [0.1, 0.15) is 17.5 Å². The topological polar surface area (TPSA) is 95.5 Å². The maximum Gasteiger partial charge on any atom is 0.246 e. The predicted molar refractivity (Wildman–Crippen MR) is 108 cm³/mol. The number of amides is 1. The van der Waals surface area contributed by atoms with Gasteiger partial charge in [-0.2, -0.15) is 4.98 Å². The van der Waals surface area contributed by atoms with Crippen LogP contribution in [0.3, 0.4) is 0 Å². The van der Waals surface area contributed by atoms with Gasteiger partial charge in [0.25, 0.3) is 0 Å². The molecule has 1 saturated heterocycles. The average Bonchev–Trinajstić information content (AvgIpc) is 2.72. The van der Waals surface area contributed by atoms with Crippen LogP contribution in [0.1, 0.15) is 18.2 Å². The van der Waals surface area contributed by atoms with E-state index in [1.165, 1.54) is 0 Å². The number of hydrogen-bond acceptors (Lipinski definition) is 8. The first kappa shape index (κ1) is 18.4. The van der Waals surface area contributed by atoms with Crippen LogP contribution in [0.5, 0.6) is 0 Å². The van der Waals surface area contributed by atoms with E-state index in [1.54, 1.807) is 0 Å². The molecule has 0 radical (unpaired) electrons. The van der Waals surface area contributed by atoms with Gasteiger partial charge >= 0.3 is 0 Å². The number of hydrogen-bond donors (Lipinski definition) is 2. The largest absolute Gasteiger partial charge is 0.378 e. The molecule has 2 aromatic rings. The third-order valence-corrected chi connectivity index (χ3v) is 5.21. The van der Waals surface area contributed by atoms with Crippen LogP contribution in [0.15, 0.2) is 18.3 Å². The number of nitrogens with zero attached hydrogens (tertiary/aromatic N) is 5. The van der Waals surface area contributed by atoms with E-state index in [1.807, 2.05) is 38.1 Å². The maximum atomic E-state index is 12.0. The standard InChI is InChI=1S/C19H25N7O2/c1-12-16-17(25(3)13(2)18(27)23-16)24-19(22-12)21-11-14-4-5-20-15(10-14)26-6-8-28-9-7-26/h4-5,10,13H,6-9,11H2,1-3H3,(H,23,27)(H,21,22,24)/t13-/m0/s1. The van der Waals surface area contributed by atoms with E-state index in [0.717, 1.165) is 49.2 Å². The summed E-state index contributed by atoms with van der Waals surface area (Å²) in [4.78, 5) is 29.7. The number of pyridine rings is 1. The lowest BCUT2D eigenvalue weighted by atomic mass is 10.2. The number of carbonyl (C=O) groups is 1. The molecule has 9 nitrogen and oxygen atoms in total. The molecule has 0 aliphatic carbocycles. The van der Waals surface area contributed by atoms with Crippen LogP contribution in [0, 0.1) is 6.92 Å². The molecule has 2 N–H and O–H groups in total. The molecule has 1 fully saturated rings. The summed E-state index contributed by atoms with van der Waals surface area (Å²) in [6, 6.07) is 3.79. The first-order chi connectivity index (χ1) is 13.5. The highest BCUT2D eigenvalue weighted by molar-refractivity contribution is 6.03. The van der Waals surface area contributed by atoms with Gasteiger partial charge in [0.15, 0.2) is 5.82 Å². The Morgan fingerprint density at radius 2 is 2.11 bits per heavy atom. The fraction of sp³-hybridized carbons (Fsp3) is 0.474. The number of likely N-dealkylation sites (N-methyl/N-ethyl adjacent to an activating group) is 1. The second kappa shape index (κ2) is 7.59. The Balaban J connectivity index is 1.50. The molecule has 28 heavy (non-hydrogen) atoms. The summed E-state index contributed by atoms with van der Waals surface area (Å²) in [5.74, 6) is 2.18. The van der Waals surface area contributed by atoms with Gasteiger partial charge < -0.3 is 25.2 Å². The number of rotatable bonds is 4. The minimum atomic E-state index is -0.272. The van der Waals surface area contributed by atoms with Gasteiger partial charge in [-0.15, -0.1) is 0 Å². The van der Waals surface area contributed by atoms with E-state index < -0.39 is 0 Å². The minimum Gasteiger partial charge on any atom is -0.378 e. The van der Waals surface area contributed by atoms with Gasteiger partial charge in [-0.3, -0.25) is 4.79 Å². The summed E-state index contributed by atoms with van der Waals surface area (Å²) in [6.45, 7) is 7.49. The lowest BCUT2D eigenvalue weighted by molar-refractivity contribution is -0.117. The molecule has 0 saturated carbocycles. The van der Waals surface area contributed by atoms with E-state index in [9.17, 15) is 4.79 Å². The van der Waals surface area contributed by atoms with Crippen molar-refractivity contribution in [3.63, 3.8) is 0 Å². The van der Waals surface area contributed by atoms with E-state index in [2.05, 4.69) is 36.6 Å². The Bertz CT molecular complexity index is 883. The Morgan fingerprint density at radius 3 is 2.89 bits per heavy atom. The van der Waals surface area contributed by atoms with Crippen LogP contribution in [0.4, 0.5) is 23.3 Å². The number of carbonyl (C=O) groups excluding carboxylic acids is 1. The van der Waals surface area contributed by atoms with Crippen LogP contribution >= 0.6 is 0 Å². The highest BCUT2D eigenvalue weighted by Crippen LogP contribution is 2.32. The quantitative estimate of drug-likeness (QED) is 0.818. The number of fused-ring (bicyclic) bond motifs is 1. The van der Waals surface area contributed by atoms with Gasteiger partial charge in [0.2, 0.25) is 11.9 Å². The van der Waals surface area contributed by atoms with Crippen LogP contribution < -0.4 is 20.4 Å². The fourth-order valence-corrected chi connectivity index (χ4v) is 3.34. The zero-order chi connectivity index (χ0) is 19.7. The first-order valence-corrected chi connectivity index (χ1v) is 9.47. The lowest BCUT2D eigenvalue weighted by Crippen LogP contribution is -2.44. The van der Waals surface area contributed by atoms with Gasteiger partial charge in [-0.25, -0.2) is 9.97 Å². The van der Waals surface area contributed by atoms with Crippen molar-refractivity contribution in [3.05, 3.63) is 29.6 Å². The van der Waals surface area contributed by atoms with Gasteiger partial charge in [-0.1, -0.05) is 0 Å².